The lowest BCUT2D eigenvalue weighted by Gasteiger charge is -2.30. The third kappa shape index (κ3) is 3.32. The van der Waals surface area contributed by atoms with E-state index in [4.69, 9.17) is 0 Å². The van der Waals surface area contributed by atoms with E-state index in [0.29, 0.717) is 12.5 Å². The first-order valence-electron chi connectivity index (χ1n) is 9.12. The maximum Gasteiger partial charge on any atom is 0.236 e. The first-order chi connectivity index (χ1) is 12.2. The Morgan fingerprint density at radius 3 is 2.76 bits per heavy atom. The molecule has 2 aliphatic rings. The van der Waals surface area contributed by atoms with E-state index in [1.807, 2.05) is 17.9 Å². The molecule has 25 heavy (non-hydrogen) atoms. The molecule has 1 aliphatic carbocycles. The second-order valence-electron chi connectivity index (χ2n) is 6.90. The van der Waals surface area contributed by atoms with Gasteiger partial charge in [0, 0.05) is 25.6 Å². The number of carbonyl (C=O) groups is 1. The van der Waals surface area contributed by atoms with Crippen molar-refractivity contribution in [1.29, 1.82) is 0 Å². The smallest absolute Gasteiger partial charge is 0.236 e. The molecule has 0 saturated heterocycles. The first-order valence-corrected chi connectivity index (χ1v) is 10.0. The van der Waals surface area contributed by atoms with Crippen molar-refractivity contribution in [2.75, 3.05) is 6.54 Å². The molecule has 4 rings (SSSR count). The second-order valence-corrected chi connectivity index (χ2v) is 8.21. The molecule has 1 fully saturated rings. The number of amides is 1. The largest absolute Gasteiger partial charge is 0.337 e. The highest BCUT2D eigenvalue weighted by atomic mass is 32.2. The predicted octanol–water partition coefficient (Wildman–Crippen LogP) is 3.24. The summed E-state index contributed by atoms with van der Waals surface area (Å²) >= 11 is 1.54. The number of aromatic nitrogens is 3. The van der Waals surface area contributed by atoms with E-state index in [1.165, 1.54) is 24.0 Å². The quantitative estimate of drug-likeness (QED) is 0.772. The summed E-state index contributed by atoms with van der Waals surface area (Å²) in [7, 11) is 0. The molecule has 6 heteroatoms. The van der Waals surface area contributed by atoms with Crippen molar-refractivity contribution in [2.24, 2.45) is 0 Å². The van der Waals surface area contributed by atoms with Gasteiger partial charge in [0.05, 0.1) is 5.25 Å². The summed E-state index contributed by atoms with van der Waals surface area (Å²) in [5, 5.41) is 9.46. The van der Waals surface area contributed by atoms with Gasteiger partial charge in [0.25, 0.3) is 0 Å². The lowest BCUT2D eigenvalue weighted by molar-refractivity contribution is -0.131. The molecule has 1 aromatic heterocycles. The highest BCUT2D eigenvalue weighted by molar-refractivity contribution is 8.00. The van der Waals surface area contributed by atoms with Crippen LogP contribution in [0.2, 0.25) is 0 Å². The standard InChI is InChI=1S/C19H24N4OS/c1-3-23-17(15-8-9-15)20-21-19(23)25-13(2)18(24)22-11-10-14-6-4-5-7-16(14)12-22/h4-7,13,15H,3,8-12H2,1-2H3. The van der Waals surface area contributed by atoms with Gasteiger partial charge >= 0.3 is 0 Å². The van der Waals surface area contributed by atoms with Crippen LogP contribution in [-0.4, -0.2) is 37.4 Å². The van der Waals surface area contributed by atoms with Crippen LogP contribution in [0.1, 0.15) is 49.6 Å². The molecule has 0 N–H and O–H groups in total. The lowest BCUT2D eigenvalue weighted by atomic mass is 10.00. The Balaban J connectivity index is 1.45. The summed E-state index contributed by atoms with van der Waals surface area (Å²) in [6.45, 7) is 6.48. The average molecular weight is 356 g/mol. The van der Waals surface area contributed by atoms with Crippen molar-refractivity contribution in [1.82, 2.24) is 19.7 Å². The number of carbonyl (C=O) groups excluding carboxylic acids is 1. The van der Waals surface area contributed by atoms with E-state index >= 15 is 0 Å². The molecule has 2 heterocycles. The SMILES string of the molecule is CCn1c(SC(C)C(=O)N2CCc3ccccc3C2)nnc1C1CC1. The van der Waals surface area contributed by atoms with Crippen molar-refractivity contribution >= 4 is 17.7 Å². The number of hydrogen-bond acceptors (Lipinski definition) is 4. The van der Waals surface area contributed by atoms with Crippen LogP contribution < -0.4 is 0 Å². The van der Waals surface area contributed by atoms with E-state index in [0.717, 1.165) is 30.5 Å². The Morgan fingerprint density at radius 2 is 2.04 bits per heavy atom. The van der Waals surface area contributed by atoms with Crippen LogP contribution in [0.3, 0.4) is 0 Å². The van der Waals surface area contributed by atoms with Crippen LogP contribution in [0.25, 0.3) is 0 Å². The van der Waals surface area contributed by atoms with Crippen molar-refractivity contribution in [3.8, 4) is 0 Å². The minimum Gasteiger partial charge on any atom is -0.337 e. The van der Waals surface area contributed by atoms with Gasteiger partial charge in [-0.25, -0.2) is 0 Å². The first kappa shape index (κ1) is 16.6. The van der Waals surface area contributed by atoms with Gasteiger partial charge in [0.2, 0.25) is 5.91 Å². The van der Waals surface area contributed by atoms with Gasteiger partial charge in [0.1, 0.15) is 5.82 Å². The maximum absolute atomic E-state index is 12.9. The fourth-order valence-electron chi connectivity index (χ4n) is 3.48. The minimum absolute atomic E-state index is 0.146. The van der Waals surface area contributed by atoms with Crippen LogP contribution >= 0.6 is 11.8 Å². The molecular formula is C19H24N4OS. The van der Waals surface area contributed by atoms with Crippen LogP contribution in [0.4, 0.5) is 0 Å². The number of rotatable bonds is 5. The summed E-state index contributed by atoms with van der Waals surface area (Å²) in [6.07, 6.45) is 3.37. The summed E-state index contributed by atoms with van der Waals surface area (Å²) in [5.74, 6) is 1.86. The zero-order valence-corrected chi connectivity index (χ0v) is 15.6. The van der Waals surface area contributed by atoms with Gasteiger partial charge in [-0.1, -0.05) is 36.0 Å². The second kappa shape index (κ2) is 6.83. The maximum atomic E-state index is 12.9. The third-order valence-electron chi connectivity index (χ3n) is 5.08. The van der Waals surface area contributed by atoms with Gasteiger partial charge in [-0.15, -0.1) is 10.2 Å². The molecule has 0 radical (unpaired) electrons. The zero-order chi connectivity index (χ0) is 17.4. The Kier molecular flexibility index (Phi) is 4.54. The molecule has 1 unspecified atom stereocenters. The van der Waals surface area contributed by atoms with E-state index in [2.05, 4.69) is 39.9 Å². The molecule has 0 bridgehead atoms. The molecule has 2 aromatic rings. The van der Waals surface area contributed by atoms with Crippen LogP contribution in [0, 0.1) is 0 Å². The van der Waals surface area contributed by atoms with Gasteiger partial charge in [-0.2, -0.15) is 0 Å². The third-order valence-corrected chi connectivity index (χ3v) is 6.14. The molecule has 132 valence electrons. The fourth-order valence-corrected chi connectivity index (χ4v) is 4.48. The predicted molar refractivity (Wildman–Crippen MR) is 98.6 cm³/mol. The van der Waals surface area contributed by atoms with Crippen molar-refractivity contribution in [3.63, 3.8) is 0 Å². The summed E-state index contributed by atoms with van der Waals surface area (Å²) in [5.41, 5.74) is 2.64. The monoisotopic (exact) mass is 356 g/mol. The summed E-state index contributed by atoms with van der Waals surface area (Å²) in [4.78, 5) is 14.9. The van der Waals surface area contributed by atoms with E-state index in [1.54, 1.807) is 11.8 Å². The van der Waals surface area contributed by atoms with Crippen molar-refractivity contribution in [3.05, 3.63) is 41.2 Å². The molecule has 1 aromatic carbocycles. The highest BCUT2D eigenvalue weighted by Crippen LogP contribution is 2.40. The van der Waals surface area contributed by atoms with E-state index < -0.39 is 0 Å². The van der Waals surface area contributed by atoms with Crippen molar-refractivity contribution in [2.45, 2.75) is 62.5 Å². The highest BCUT2D eigenvalue weighted by Gasteiger charge is 2.31. The van der Waals surface area contributed by atoms with Gasteiger partial charge < -0.3 is 9.47 Å². The Hall–Kier alpha value is -1.82. The van der Waals surface area contributed by atoms with Crippen LogP contribution in [-0.2, 0) is 24.3 Å². The fraction of sp³-hybridized carbons (Fsp3) is 0.526. The Labute approximate surface area is 152 Å². The molecular weight excluding hydrogens is 332 g/mol. The number of hydrogen-bond donors (Lipinski definition) is 0. The molecule has 1 amide bonds. The average Bonchev–Trinajstić information content (AvgIpc) is 3.41. The summed E-state index contributed by atoms with van der Waals surface area (Å²) < 4.78 is 2.18. The topological polar surface area (TPSA) is 51.0 Å². The van der Waals surface area contributed by atoms with E-state index in [-0.39, 0.29) is 11.2 Å². The van der Waals surface area contributed by atoms with Gasteiger partial charge in [-0.05, 0) is 44.2 Å². The van der Waals surface area contributed by atoms with Gasteiger partial charge in [0.15, 0.2) is 5.16 Å². The van der Waals surface area contributed by atoms with Crippen LogP contribution in [0.5, 0.6) is 0 Å². The van der Waals surface area contributed by atoms with Gasteiger partial charge in [-0.3, -0.25) is 4.79 Å². The molecule has 1 aliphatic heterocycles. The number of thioether (sulfide) groups is 1. The minimum atomic E-state index is -0.146. The number of nitrogens with zero attached hydrogens (tertiary/aromatic N) is 4. The Bertz CT molecular complexity index is 783. The van der Waals surface area contributed by atoms with Crippen LogP contribution in [0.15, 0.2) is 29.4 Å². The molecule has 5 nitrogen and oxygen atoms in total. The zero-order valence-electron chi connectivity index (χ0n) is 14.8. The molecule has 1 saturated carbocycles. The molecule has 1 atom stereocenters. The lowest BCUT2D eigenvalue weighted by Crippen LogP contribution is -2.40. The summed E-state index contributed by atoms with van der Waals surface area (Å²) in [6, 6.07) is 8.42. The Morgan fingerprint density at radius 1 is 1.28 bits per heavy atom. The number of benzene rings is 1. The van der Waals surface area contributed by atoms with E-state index in [9.17, 15) is 4.79 Å². The normalized spacial score (nSPS) is 18.1. The molecule has 0 spiro atoms. The van der Waals surface area contributed by atoms with Crippen molar-refractivity contribution < 1.29 is 4.79 Å². The number of fused-ring (bicyclic) bond motifs is 1.